The summed E-state index contributed by atoms with van der Waals surface area (Å²) in [6.07, 6.45) is 2.29. The number of aromatic nitrogens is 2. The second-order valence-corrected chi connectivity index (χ2v) is 5.43. The maximum atomic E-state index is 6.08. The van der Waals surface area contributed by atoms with E-state index in [1.807, 2.05) is 18.2 Å². The van der Waals surface area contributed by atoms with Crippen molar-refractivity contribution in [2.24, 2.45) is 5.73 Å². The first kappa shape index (κ1) is 16.2. The third-order valence-electron chi connectivity index (χ3n) is 3.63. The number of hydrogen-bond donors (Lipinski definition) is 1. The SMILES string of the molecule is Cl.NCc1nc(CN2CCCC2c2cccc(Cl)c2)no1. The maximum Gasteiger partial charge on any atom is 0.240 e. The van der Waals surface area contributed by atoms with Crippen molar-refractivity contribution in [3.05, 3.63) is 46.6 Å². The normalized spacial score (nSPS) is 18.7. The van der Waals surface area contributed by atoms with Crippen molar-refractivity contribution in [3.8, 4) is 0 Å². The van der Waals surface area contributed by atoms with E-state index in [1.165, 1.54) is 12.0 Å². The van der Waals surface area contributed by atoms with Gasteiger partial charge in [-0.25, -0.2) is 0 Å². The Morgan fingerprint density at radius 3 is 3.00 bits per heavy atom. The van der Waals surface area contributed by atoms with Crippen LogP contribution in [0, 0.1) is 0 Å². The molecular weight excluding hydrogens is 311 g/mol. The molecule has 1 unspecified atom stereocenters. The van der Waals surface area contributed by atoms with Crippen molar-refractivity contribution in [2.75, 3.05) is 6.54 Å². The number of halogens is 2. The molecule has 1 fully saturated rings. The van der Waals surface area contributed by atoms with Crippen molar-refractivity contribution < 1.29 is 4.52 Å². The van der Waals surface area contributed by atoms with E-state index in [4.69, 9.17) is 21.9 Å². The van der Waals surface area contributed by atoms with Crippen molar-refractivity contribution in [1.82, 2.24) is 15.0 Å². The Morgan fingerprint density at radius 2 is 2.29 bits per heavy atom. The van der Waals surface area contributed by atoms with Gasteiger partial charge in [-0.2, -0.15) is 4.98 Å². The summed E-state index contributed by atoms with van der Waals surface area (Å²) < 4.78 is 5.05. The smallest absolute Gasteiger partial charge is 0.240 e. The van der Waals surface area contributed by atoms with E-state index in [9.17, 15) is 0 Å². The zero-order valence-electron chi connectivity index (χ0n) is 11.5. The number of rotatable bonds is 4. The van der Waals surface area contributed by atoms with Crippen molar-refractivity contribution >= 4 is 24.0 Å². The average molecular weight is 329 g/mol. The Hall–Kier alpha value is -1.14. The monoisotopic (exact) mass is 328 g/mol. The number of nitrogens with two attached hydrogens (primary N) is 1. The van der Waals surface area contributed by atoms with Gasteiger partial charge in [-0.05, 0) is 37.1 Å². The predicted octanol–water partition coefficient (Wildman–Crippen LogP) is 2.94. The molecule has 2 heterocycles. The van der Waals surface area contributed by atoms with Crippen LogP contribution in [0.3, 0.4) is 0 Å². The van der Waals surface area contributed by atoms with Crippen LogP contribution in [-0.4, -0.2) is 21.6 Å². The molecule has 1 saturated heterocycles. The van der Waals surface area contributed by atoms with Gasteiger partial charge >= 0.3 is 0 Å². The molecule has 1 atom stereocenters. The highest BCUT2D eigenvalue weighted by Gasteiger charge is 2.27. The molecule has 1 aliphatic rings. The van der Waals surface area contributed by atoms with Gasteiger partial charge in [-0.15, -0.1) is 12.4 Å². The Kier molecular flexibility index (Phi) is 5.58. The summed E-state index contributed by atoms with van der Waals surface area (Å²) in [4.78, 5) is 6.63. The molecule has 5 nitrogen and oxygen atoms in total. The Labute approximate surface area is 134 Å². The topological polar surface area (TPSA) is 68.2 Å². The van der Waals surface area contributed by atoms with Gasteiger partial charge in [-0.3, -0.25) is 4.90 Å². The number of benzene rings is 1. The van der Waals surface area contributed by atoms with E-state index >= 15 is 0 Å². The molecule has 2 aromatic rings. The maximum absolute atomic E-state index is 6.08. The molecule has 21 heavy (non-hydrogen) atoms. The van der Waals surface area contributed by atoms with Crippen LogP contribution in [0.2, 0.25) is 5.02 Å². The second-order valence-electron chi connectivity index (χ2n) is 4.99. The van der Waals surface area contributed by atoms with E-state index in [0.717, 1.165) is 18.0 Å². The van der Waals surface area contributed by atoms with Crippen molar-refractivity contribution in [2.45, 2.75) is 32.0 Å². The molecule has 0 radical (unpaired) electrons. The minimum absolute atomic E-state index is 0. The van der Waals surface area contributed by atoms with Crippen LogP contribution in [0.4, 0.5) is 0 Å². The lowest BCUT2D eigenvalue weighted by atomic mass is 10.0. The van der Waals surface area contributed by atoms with Gasteiger partial charge in [0.2, 0.25) is 5.89 Å². The highest BCUT2D eigenvalue weighted by atomic mass is 35.5. The summed E-state index contributed by atoms with van der Waals surface area (Å²) in [6, 6.07) is 8.42. The molecule has 114 valence electrons. The van der Waals surface area contributed by atoms with Gasteiger partial charge in [0.1, 0.15) is 0 Å². The standard InChI is InChI=1S/C14H17ClN4O.ClH/c15-11-4-1-3-10(7-11)12-5-2-6-19(12)9-13-17-14(8-16)20-18-13;/h1,3-4,7,12H,2,5-6,8-9,16H2;1H. The van der Waals surface area contributed by atoms with Crippen LogP contribution in [-0.2, 0) is 13.1 Å². The first-order valence-corrected chi connectivity index (χ1v) is 7.15. The van der Waals surface area contributed by atoms with Crippen LogP contribution >= 0.6 is 24.0 Å². The number of likely N-dealkylation sites (tertiary alicyclic amines) is 1. The largest absolute Gasteiger partial charge is 0.338 e. The number of nitrogens with zero attached hydrogens (tertiary/aromatic N) is 3. The van der Waals surface area contributed by atoms with Crippen LogP contribution in [0.5, 0.6) is 0 Å². The summed E-state index contributed by atoms with van der Waals surface area (Å²) in [5.74, 6) is 1.18. The summed E-state index contributed by atoms with van der Waals surface area (Å²) in [7, 11) is 0. The van der Waals surface area contributed by atoms with E-state index < -0.39 is 0 Å². The van der Waals surface area contributed by atoms with Crippen LogP contribution < -0.4 is 5.73 Å². The third-order valence-corrected chi connectivity index (χ3v) is 3.86. The lowest BCUT2D eigenvalue weighted by Crippen LogP contribution is -2.23. The van der Waals surface area contributed by atoms with Gasteiger partial charge in [0, 0.05) is 11.1 Å². The molecule has 2 N–H and O–H groups in total. The van der Waals surface area contributed by atoms with Gasteiger partial charge in [0.15, 0.2) is 5.82 Å². The first-order chi connectivity index (χ1) is 9.76. The molecular formula is C14H18Cl2N4O. The molecule has 0 spiro atoms. The third kappa shape index (κ3) is 3.74. The lowest BCUT2D eigenvalue weighted by Gasteiger charge is -2.23. The highest BCUT2D eigenvalue weighted by Crippen LogP contribution is 2.33. The molecule has 0 bridgehead atoms. The van der Waals surface area contributed by atoms with Crippen LogP contribution in [0.25, 0.3) is 0 Å². The average Bonchev–Trinajstić information content (AvgIpc) is 3.08. The molecule has 0 aliphatic carbocycles. The van der Waals surface area contributed by atoms with Crippen LogP contribution in [0.1, 0.15) is 36.2 Å². The van der Waals surface area contributed by atoms with E-state index in [2.05, 4.69) is 21.1 Å². The Morgan fingerprint density at radius 1 is 1.43 bits per heavy atom. The van der Waals surface area contributed by atoms with Crippen molar-refractivity contribution in [3.63, 3.8) is 0 Å². The van der Waals surface area contributed by atoms with Gasteiger partial charge in [-0.1, -0.05) is 28.9 Å². The van der Waals surface area contributed by atoms with Gasteiger partial charge < -0.3 is 10.3 Å². The summed E-state index contributed by atoms with van der Waals surface area (Å²) >= 11 is 6.08. The fourth-order valence-corrected chi connectivity index (χ4v) is 2.92. The predicted molar refractivity (Wildman–Crippen MR) is 83.3 cm³/mol. The zero-order valence-corrected chi connectivity index (χ0v) is 13.1. The quantitative estimate of drug-likeness (QED) is 0.934. The summed E-state index contributed by atoms with van der Waals surface area (Å²) in [6.45, 7) is 2.00. The number of hydrogen-bond acceptors (Lipinski definition) is 5. The minimum atomic E-state index is 0. The zero-order chi connectivity index (χ0) is 13.9. The highest BCUT2D eigenvalue weighted by molar-refractivity contribution is 6.30. The molecule has 3 rings (SSSR count). The fraction of sp³-hybridized carbons (Fsp3) is 0.429. The van der Waals surface area contributed by atoms with E-state index in [1.54, 1.807) is 0 Å². The van der Waals surface area contributed by atoms with E-state index in [-0.39, 0.29) is 19.0 Å². The van der Waals surface area contributed by atoms with Crippen LogP contribution in [0.15, 0.2) is 28.8 Å². The molecule has 0 saturated carbocycles. The second kappa shape index (κ2) is 7.22. The molecule has 0 amide bonds. The molecule has 7 heteroatoms. The first-order valence-electron chi connectivity index (χ1n) is 6.77. The Bertz CT molecular complexity index is 590. The molecule has 1 aromatic carbocycles. The van der Waals surface area contributed by atoms with Crippen molar-refractivity contribution in [1.29, 1.82) is 0 Å². The summed E-state index contributed by atoms with van der Waals surface area (Å²) in [5.41, 5.74) is 6.73. The summed E-state index contributed by atoms with van der Waals surface area (Å²) in [5, 5.41) is 4.74. The lowest BCUT2D eigenvalue weighted by molar-refractivity contribution is 0.238. The molecule has 1 aliphatic heterocycles. The van der Waals surface area contributed by atoms with E-state index in [0.29, 0.717) is 24.3 Å². The van der Waals surface area contributed by atoms with Gasteiger partial charge in [0.25, 0.3) is 0 Å². The minimum Gasteiger partial charge on any atom is -0.338 e. The molecule has 1 aromatic heterocycles. The van der Waals surface area contributed by atoms with Gasteiger partial charge in [0.05, 0.1) is 13.1 Å². The Balaban J connectivity index is 0.00000161. The fourth-order valence-electron chi connectivity index (χ4n) is 2.73.